The van der Waals surface area contributed by atoms with E-state index in [1.807, 2.05) is 12.1 Å². The maximum absolute atomic E-state index is 9.96. The van der Waals surface area contributed by atoms with E-state index in [0.717, 1.165) is 23.4 Å². The molecular weight excluding hydrogens is 290 g/mol. The minimum absolute atomic E-state index is 0.191. The molecule has 18 heavy (non-hydrogen) atoms. The third kappa shape index (κ3) is 4.71. The van der Waals surface area contributed by atoms with Gasteiger partial charge in [0.05, 0.1) is 6.10 Å². The highest BCUT2D eigenvalue weighted by Crippen LogP contribution is 2.28. The van der Waals surface area contributed by atoms with Crippen LogP contribution in [0.4, 0.5) is 0 Å². The summed E-state index contributed by atoms with van der Waals surface area (Å²) in [7, 11) is 0. The smallest absolute Gasteiger partial charge is 0.0667 e. The molecule has 0 spiro atoms. The van der Waals surface area contributed by atoms with E-state index >= 15 is 0 Å². The van der Waals surface area contributed by atoms with Crippen LogP contribution < -0.4 is 5.32 Å². The molecule has 2 N–H and O–H groups in total. The lowest BCUT2D eigenvalue weighted by molar-refractivity contribution is 0.140. The fraction of sp³-hybridized carbons (Fsp3) is 0.600. The van der Waals surface area contributed by atoms with Crippen LogP contribution in [0.15, 0.2) is 28.7 Å². The minimum Gasteiger partial charge on any atom is -0.392 e. The Hall–Kier alpha value is -0.380. The lowest BCUT2D eigenvalue weighted by Gasteiger charge is -2.16. The molecule has 0 aromatic heterocycles. The Balaban J connectivity index is 1.63. The van der Waals surface area contributed by atoms with Gasteiger partial charge in [-0.1, -0.05) is 53.7 Å². The van der Waals surface area contributed by atoms with Gasteiger partial charge in [-0.05, 0) is 30.0 Å². The first-order valence-electron chi connectivity index (χ1n) is 6.87. The first kappa shape index (κ1) is 14.0. The number of nitrogens with one attached hydrogen (secondary N) is 1. The molecule has 2 nitrogen and oxygen atoms in total. The molecule has 0 aliphatic heterocycles. The molecule has 1 unspecified atom stereocenters. The lowest BCUT2D eigenvalue weighted by atomic mass is 10.00. The van der Waals surface area contributed by atoms with Crippen molar-refractivity contribution in [2.75, 3.05) is 6.54 Å². The number of hydrogen-bond donors (Lipinski definition) is 2. The van der Waals surface area contributed by atoms with Gasteiger partial charge >= 0.3 is 0 Å². The molecule has 0 radical (unpaired) electrons. The lowest BCUT2D eigenvalue weighted by Crippen LogP contribution is -2.27. The molecule has 1 aliphatic carbocycles. The average molecular weight is 312 g/mol. The first-order valence-corrected chi connectivity index (χ1v) is 7.66. The van der Waals surface area contributed by atoms with E-state index in [0.29, 0.717) is 6.54 Å². The molecule has 0 bridgehead atoms. The third-order valence-corrected chi connectivity index (χ3v) is 4.23. The molecule has 0 heterocycles. The van der Waals surface area contributed by atoms with E-state index in [9.17, 15) is 5.11 Å². The molecule has 1 fully saturated rings. The van der Waals surface area contributed by atoms with Crippen molar-refractivity contribution in [3.8, 4) is 0 Å². The van der Waals surface area contributed by atoms with Crippen LogP contribution in [0.25, 0.3) is 0 Å². The molecule has 2 rings (SSSR count). The number of aliphatic hydroxyl groups excluding tert-OH is 1. The highest BCUT2D eigenvalue weighted by atomic mass is 79.9. The maximum Gasteiger partial charge on any atom is 0.0667 e. The molecule has 1 saturated carbocycles. The van der Waals surface area contributed by atoms with Gasteiger partial charge in [0, 0.05) is 17.6 Å². The molecule has 1 aromatic rings. The van der Waals surface area contributed by atoms with E-state index in [1.165, 1.54) is 31.2 Å². The van der Waals surface area contributed by atoms with Crippen LogP contribution in [0.5, 0.6) is 0 Å². The van der Waals surface area contributed by atoms with Gasteiger partial charge in [-0.25, -0.2) is 0 Å². The fourth-order valence-corrected chi connectivity index (χ4v) is 2.96. The minimum atomic E-state index is -0.191. The summed E-state index contributed by atoms with van der Waals surface area (Å²) in [4.78, 5) is 0. The van der Waals surface area contributed by atoms with Crippen molar-refractivity contribution < 1.29 is 5.11 Å². The quantitative estimate of drug-likeness (QED) is 0.843. The van der Waals surface area contributed by atoms with Crippen molar-refractivity contribution in [2.24, 2.45) is 5.92 Å². The van der Waals surface area contributed by atoms with E-state index in [4.69, 9.17) is 0 Å². The largest absolute Gasteiger partial charge is 0.392 e. The summed E-state index contributed by atoms with van der Waals surface area (Å²) in [6, 6.07) is 8.29. The van der Waals surface area contributed by atoms with Crippen molar-refractivity contribution in [2.45, 2.75) is 44.8 Å². The fourth-order valence-electron chi connectivity index (χ4n) is 2.70. The van der Waals surface area contributed by atoms with Gasteiger partial charge in [-0.2, -0.15) is 0 Å². The summed E-state index contributed by atoms with van der Waals surface area (Å²) in [6.45, 7) is 1.53. The Morgan fingerprint density at radius 2 is 1.89 bits per heavy atom. The van der Waals surface area contributed by atoms with Crippen molar-refractivity contribution in [1.82, 2.24) is 5.32 Å². The number of benzene rings is 1. The van der Waals surface area contributed by atoms with Crippen LogP contribution >= 0.6 is 15.9 Å². The summed E-state index contributed by atoms with van der Waals surface area (Å²) in [5, 5.41) is 13.3. The summed E-state index contributed by atoms with van der Waals surface area (Å²) in [5.41, 5.74) is 1.26. The second-order valence-corrected chi connectivity index (χ2v) is 6.21. The number of halogens is 1. The number of hydrogen-bond acceptors (Lipinski definition) is 2. The summed E-state index contributed by atoms with van der Waals surface area (Å²) >= 11 is 3.43. The van der Waals surface area contributed by atoms with Crippen LogP contribution in [0.1, 0.15) is 37.7 Å². The van der Waals surface area contributed by atoms with Gasteiger partial charge in [-0.3, -0.25) is 0 Å². The molecule has 100 valence electrons. The van der Waals surface area contributed by atoms with Crippen molar-refractivity contribution >= 4 is 15.9 Å². The van der Waals surface area contributed by atoms with Gasteiger partial charge in [-0.15, -0.1) is 0 Å². The van der Waals surface area contributed by atoms with Gasteiger partial charge in [0.2, 0.25) is 0 Å². The molecule has 1 atom stereocenters. The molecule has 3 heteroatoms. The second kappa shape index (κ2) is 7.27. The predicted octanol–water partition coefficient (Wildman–Crippen LogP) is 3.48. The Morgan fingerprint density at radius 1 is 1.22 bits per heavy atom. The molecule has 1 aromatic carbocycles. The van der Waals surface area contributed by atoms with E-state index in [2.05, 4.69) is 33.4 Å². The van der Waals surface area contributed by atoms with Crippen molar-refractivity contribution in [3.05, 3.63) is 34.3 Å². The van der Waals surface area contributed by atoms with Gasteiger partial charge in [0.25, 0.3) is 0 Å². The molecule has 1 aliphatic rings. The predicted molar refractivity (Wildman–Crippen MR) is 78.4 cm³/mol. The summed E-state index contributed by atoms with van der Waals surface area (Å²) < 4.78 is 1.10. The monoisotopic (exact) mass is 311 g/mol. The van der Waals surface area contributed by atoms with Crippen LogP contribution in [0, 0.1) is 5.92 Å². The first-order chi connectivity index (χ1) is 8.74. The highest BCUT2D eigenvalue weighted by Gasteiger charge is 2.18. The summed E-state index contributed by atoms with van der Waals surface area (Å²) in [6.07, 6.45) is 6.09. The third-order valence-electron chi connectivity index (χ3n) is 3.70. The topological polar surface area (TPSA) is 32.3 Å². The van der Waals surface area contributed by atoms with E-state index < -0.39 is 0 Å². The second-order valence-electron chi connectivity index (χ2n) is 5.30. The average Bonchev–Trinajstić information content (AvgIpc) is 2.84. The van der Waals surface area contributed by atoms with Crippen molar-refractivity contribution in [3.63, 3.8) is 0 Å². The van der Waals surface area contributed by atoms with Gasteiger partial charge < -0.3 is 10.4 Å². The Labute approximate surface area is 118 Å². The zero-order chi connectivity index (χ0) is 12.8. The molecule has 0 saturated heterocycles. The molecule has 0 amide bonds. The van der Waals surface area contributed by atoms with Crippen LogP contribution in [-0.2, 0) is 6.54 Å². The summed E-state index contributed by atoms with van der Waals surface area (Å²) in [5.74, 6) is 0.759. The molecular formula is C15H22BrNO. The SMILES string of the molecule is OC(CNCc1ccc(Br)cc1)CC1CCCC1. The van der Waals surface area contributed by atoms with Crippen LogP contribution in [0.3, 0.4) is 0 Å². The van der Waals surface area contributed by atoms with Gasteiger partial charge in [0.1, 0.15) is 0 Å². The number of aliphatic hydroxyl groups is 1. The Kier molecular flexibility index (Phi) is 5.67. The van der Waals surface area contributed by atoms with Gasteiger partial charge in [0.15, 0.2) is 0 Å². The highest BCUT2D eigenvalue weighted by molar-refractivity contribution is 9.10. The standard InChI is InChI=1S/C15H22BrNO/c16-14-7-5-13(6-8-14)10-17-11-15(18)9-12-3-1-2-4-12/h5-8,12,15,17-18H,1-4,9-11H2. The normalized spacial score (nSPS) is 18.1. The van der Waals surface area contributed by atoms with Crippen LogP contribution in [0.2, 0.25) is 0 Å². The van der Waals surface area contributed by atoms with E-state index in [-0.39, 0.29) is 6.10 Å². The maximum atomic E-state index is 9.96. The zero-order valence-corrected chi connectivity index (χ0v) is 12.3. The Morgan fingerprint density at radius 3 is 2.56 bits per heavy atom. The number of rotatable bonds is 6. The zero-order valence-electron chi connectivity index (χ0n) is 10.7. The Bertz CT molecular complexity index is 346. The van der Waals surface area contributed by atoms with E-state index in [1.54, 1.807) is 0 Å². The van der Waals surface area contributed by atoms with Crippen molar-refractivity contribution in [1.29, 1.82) is 0 Å². The van der Waals surface area contributed by atoms with Crippen LogP contribution in [-0.4, -0.2) is 17.8 Å².